The van der Waals surface area contributed by atoms with Crippen LogP contribution in [0.15, 0.2) is 59.3 Å². The van der Waals surface area contributed by atoms with Crippen LogP contribution < -0.4 is 10.2 Å². The summed E-state index contributed by atoms with van der Waals surface area (Å²) in [7, 11) is 0. The Morgan fingerprint density at radius 2 is 1.61 bits per heavy atom. The zero-order chi connectivity index (χ0) is 20.3. The molecule has 5 heteroatoms. The largest absolute Gasteiger partial charge is 0.350 e. The van der Waals surface area contributed by atoms with E-state index in [2.05, 4.69) is 26.1 Å². The van der Waals surface area contributed by atoms with Gasteiger partial charge in [-0.25, -0.2) is 4.90 Å². The van der Waals surface area contributed by atoms with Crippen molar-refractivity contribution in [2.24, 2.45) is 0 Å². The Morgan fingerprint density at radius 1 is 0.964 bits per heavy atom. The molecule has 0 saturated carbocycles. The van der Waals surface area contributed by atoms with Gasteiger partial charge in [-0.3, -0.25) is 9.59 Å². The molecule has 0 aromatic heterocycles. The quantitative estimate of drug-likeness (QED) is 0.620. The number of halogens is 1. The molecular formula is C23H25ClN2O2. The summed E-state index contributed by atoms with van der Waals surface area (Å²) in [5.41, 5.74) is 3.74. The molecule has 0 bridgehead atoms. The van der Waals surface area contributed by atoms with Crippen molar-refractivity contribution in [2.75, 3.05) is 10.2 Å². The number of carbonyl (C=O) groups excluding carboxylic acids is 2. The fourth-order valence-corrected chi connectivity index (χ4v) is 3.35. The molecule has 146 valence electrons. The van der Waals surface area contributed by atoms with Crippen LogP contribution in [0.1, 0.15) is 50.7 Å². The fourth-order valence-electron chi connectivity index (χ4n) is 3.13. The highest BCUT2D eigenvalue weighted by atomic mass is 35.5. The highest BCUT2D eigenvalue weighted by Gasteiger charge is 2.38. The molecule has 0 saturated heterocycles. The molecule has 3 rings (SSSR count). The summed E-state index contributed by atoms with van der Waals surface area (Å²) in [5, 5.41) is 2.92. The molecule has 1 aliphatic rings. The van der Waals surface area contributed by atoms with Gasteiger partial charge in [-0.15, -0.1) is 0 Å². The van der Waals surface area contributed by atoms with Gasteiger partial charge < -0.3 is 5.32 Å². The summed E-state index contributed by atoms with van der Waals surface area (Å²) >= 11 is 6.20. The normalized spacial score (nSPS) is 14.4. The SMILES string of the molecule is CCCCc1ccc(N2C(=O)C(Cl)=C(Nc3ccc(C(C)C)cc3)C2=O)cc1. The maximum absolute atomic E-state index is 12.9. The highest BCUT2D eigenvalue weighted by Crippen LogP contribution is 2.30. The first-order chi connectivity index (χ1) is 13.4. The van der Waals surface area contributed by atoms with Crippen LogP contribution in [-0.2, 0) is 16.0 Å². The van der Waals surface area contributed by atoms with Crippen molar-refractivity contribution in [3.05, 3.63) is 70.4 Å². The number of amides is 2. The average molecular weight is 397 g/mol. The molecule has 2 aromatic carbocycles. The molecule has 4 nitrogen and oxygen atoms in total. The maximum atomic E-state index is 12.9. The van der Waals surface area contributed by atoms with Crippen molar-refractivity contribution in [2.45, 2.75) is 46.0 Å². The van der Waals surface area contributed by atoms with Crippen LogP contribution in [0, 0.1) is 0 Å². The molecule has 0 atom stereocenters. The number of rotatable bonds is 7. The zero-order valence-corrected chi connectivity index (χ0v) is 17.2. The lowest BCUT2D eigenvalue weighted by atomic mass is 10.0. The number of unbranched alkanes of at least 4 members (excludes halogenated alkanes) is 1. The summed E-state index contributed by atoms with van der Waals surface area (Å²) in [6, 6.07) is 15.3. The first-order valence-corrected chi connectivity index (χ1v) is 10.0. The van der Waals surface area contributed by atoms with E-state index in [-0.39, 0.29) is 10.7 Å². The molecule has 0 fully saturated rings. The van der Waals surface area contributed by atoms with Gasteiger partial charge in [0.25, 0.3) is 11.8 Å². The number of imide groups is 1. The minimum atomic E-state index is -0.505. The second-order valence-corrected chi connectivity index (χ2v) is 7.68. The molecule has 1 heterocycles. The van der Waals surface area contributed by atoms with Crippen LogP contribution in [0.2, 0.25) is 0 Å². The topological polar surface area (TPSA) is 49.4 Å². The number of carbonyl (C=O) groups is 2. The van der Waals surface area contributed by atoms with Crippen LogP contribution in [0.4, 0.5) is 11.4 Å². The van der Waals surface area contributed by atoms with Gasteiger partial charge in [0.1, 0.15) is 10.7 Å². The molecule has 0 radical (unpaired) electrons. The van der Waals surface area contributed by atoms with E-state index in [1.807, 2.05) is 36.4 Å². The zero-order valence-electron chi connectivity index (χ0n) is 16.5. The average Bonchev–Trinajstić information content (AvgIpc) is 2.90. The van der Waals surface area contributed by atoms with Gasteiger partial charge >= 0.3 is 0 Å². The second-order valence-electron chi connectivity index (χ2n) is 7.31. The lowest BCUT2D eigenvalue weighted by Gasteiger charge is -2.16. The van der Waals surface area contributed by atoms with E-state index in [1.165, 1.54) is 11.1 Å². The molecule has 1 aliphatic heterocycles. The lowest BCUT2D eigenvalue weighted by Crippen LogP contribution is -2.32. The summed E-state index contributed by atoms with van der Waals surface area (Å²) in [4.78, 5) is 26.6. The van der Waals surface area contributed by atoms with Crippen molar-refractivity contribution >= 4 is 34.8 Å². The summed E-state index contributed by atoms with van der Waals surface area (Å²) in [6.45, 7) is 6.38. The molecule has 2 amide bonds. The number of hydrogen-bond donors (Lipinski definition) is 1. The van der Waals surface area contributed by atoms with Gasteiger partial charge in [-0.1, -0.05) is 63.1 Å². The molecular weight excluding hydrogens is 372 g/mol. The van der Waals surface area contributed by atoms with Gasteiger partial charge in [0.2, 0.25) is 0 Å². The van der Waals surface area contributed by atoms with Crippen molar-refractivity contribution in [1.82, 2.24) is 0 Å². The fraction of sp³-hybridized carbons (Fsp3) is 0.304. The van der Waals surface area contributed by atoms with Gasteiger partial charge in [0.15, 0.2) is 0 Å². The van der Waals surface area contributed by atoms with Gasteiger partial charge in [0, 0.05) is 5.69 Å². The number of benzene rings is 2. The maximum Gasteiger partial charge on any atom is 0.283 e. The van der Waals surface area contributed by atoms with Crippen LogP contribution in [0.3, 0.4) is 0 Å². The molecule has 0 unspecified atom stereocenters. The standard InChI is InChI=1S/C23H25ClN2O2/c1-4-5-6-16-7-13-19(14-8-16)26-22(27)20(24)21(23(26)28)25-18-11-9-17(10-12-18)15(2)3/h7-15,25H,4-6H2,1-3H3. The number of hydrogen-bond acceptors (Lipinski definition) is 3. The number of nitrogens with one attached hydrogen (secondary N) is 1. The first kappa shape index (κ1) is 20.2. The smallest absolute Gasteiger partial charge is 0.283 e. The van der Waals surface area contributed by atoms with Crippen molar-refractivity contribution in [3.63, 3.8) is 0 Å². The lowest BCUT2D eigenvalue weighted by molar-refractivity contribution is -0.120. The van der Waals surface area contributed by atoms with Crippen molar-refractivity contribution in [1.29, 1.82) is 0 Å². The Labute approximate surface area is 171 Å². The monoisotopic (exact) mass is 396 g/mol. The highest BCUT2D eigenvalue weighted by molar-refractivity contribution is 6.53. The first-order valence-electron chi connectivity index (χ1n) is 9.66. The summed E-state index contributed by atoms with van der Waals surface area (Å²) in [5.74, 6) is -0.527. The van der Waals surface area contributed by atoms with Crippen LogP contribution >= 0.6 is 11.6 Å². The van der Waals surface area contributed by atoms with E-state index >= 15 is 0 Å². The summed E-state index contributed by atoms with van der Waals surface area (Å²) < 4.78 is 0. The predicted molar refractivity (Wildman–Crippen MR) is 115 cm³/mol. The van der Waals surface area contributed by atoms with Crippen LogP contribution in [0.25, 0.3) is 0 Å². The molecule has 0 aliphatic carbocycles. The number of anilines is 2. The second kappa shape index (κ2) is 8.61. The van der Waals surface area contributed by atoms with Gasteiger partial charge in [-0.2, -0.15) is 0 Å². The Hall–Kier alpha value is -2.59. The van der Waals surface area contributed by atoms with Crippen LogP contribution in [-0.4, -0.2) is 11.8 Å². The Morgan fingerprint density at radius 3 is 2.18 bits per heavy atom. The van der Waals surface area contributed by atoms with E-state index in [4.69, 9.17) is 11.6 Å². The Kier molecular flexibility index (Phi) is 6.20. The van der Waals surface area contributed by atoms with Gasteiger partial charge in [0.05, 0.1) is 5.69 Å². The third-order valence-corrected chi connectivity index (χ3v) is 5.24. The van der Waals surface area contributed by atoms with Crippen LogP contribution in [0.5, 0.6) is 0 Å². The van der Waals surface area contributed by atoms with E-state index < -0.39 is 11.8 Å². The van der Waals surface area contributed by atoms with Gasteiger partial charge in [-0.05, 0) is 54.2 Å². The summed E-state index contributed by atoms with van der Waals surface area (Å²) in [6.07, 6.45) is 3.21. The van der Waals surface area contributed by atoms with E-state index in [1.54, 1.807) is 12.1 Å². The minimum absolute atomic E-state index is 0.0898. The molecule has 28 heavy (non-hydrogen) atoms. The minimum Gasteiger partial charge on any atom is -0.350 e. The third-order valence-electron chi connectivity index (χ3n) is 4.89. The Bertz CT molecular complexity index is 899. The number of aryl methyl sites for hydroxylation is 1. The van der Waals surface area contributed by atoms with Crippen molar-refractivity contribution in [3.8, 4) is 0 Å². The number of nitrogens with zero attached hydrogens (tertiary/aromatic N) is 1. The molecule has 1 N–H and O–H groups in total. The molecule has 2 aromatic rings. The Balaban J connectivity index is 1.78. The van der Waals surface area contributed by atoms with Crippen molar-refractivity contribution < 1.29 is 9.59 Å². The predicted octanol–water partition coefficient (Wildman–Crippen LogP) is 5.59. The van der Waals surface area contributed by atoms with E-state index in [0.717, 1.165) is 29.8 Å². The third kappa shape index (κ3) is 4.12. The molecule has 0 spiro atoms. The van der Waals surface area contributed by atoms with E-state index in [9.17, 15) is 9.59 Å². The van der Waals surface area contributed by atoms with E-state index in [0.29, 0.717) is 11.6 Å².